The van der Waals surface area contributed by atoms with Gasteiger partial charge >= 0.3 is 6.09 Å². The Morgan fingerprint density at radius 1 is 1.36 bits per heavy atom. The number of likely N-dealkylation sites (tertiary alicyclic amines) is 1. The molecule has 22 heavy (non-hydrogen) atoms. The van der Waals surface area contributed by atoms with Crippen LogP contribution in [0.25, 0.3) is 0 Å². The number of amides is 1. The molecule has 1 amide bonds. The van der Waals surface area contributed by atoms with Crippen LogP contribution in [-0.2, 0) is 14.8 Å². The summed E-state index contributed by atoms with van der Waals surface area (Å²) in [5, 5.41) is 0. The lowest BCUT2D eigenvalue weighted by Gasteiger charge is -2.33. The highest BCUT2D eigenvalue weighted by atomic mass is 32.2. The minimum atomic E-state index is -3.29. The zero-order valence-electron chi connectivity index (χ0n) is 13.6. The van der Waals surface area contributed by atoms with Crippen LogP contribution in [0.5, 0.6) is 0 Å². The summed E-state index contributed by atoms with van der Waals surface area (Å²) in [7, 11) is -3.29. The number of terminal acetylenes is 1. The molecule has 0 aromatic rings. The first-order chi connectivity index (χ1) is 10.1. The molecule has 7 heteroatoms. The van der Waals surface area contributed by atoms with Crippen molar-refractivity contribution in [2.24, 2.45) is 5.92 Å². The topological polar surface area (TPSA) is 75.7 Å². The highest BCUT2D eigenvalue weighted by Crippen LogP contribution is 2.22. The van der Waals surface area contributed by atoms with E-state index in [-0.39, 0.29) is 18.4 Å². The molecule has 1 fully saturated rings. The van der Waals surface area contributed by atoms with E-state index in [1.54, 1.807) is 4.90 Å². The van der Waals surface area contributed by atoms with Crippen LogP contribution in [0.2, 0.25) is 0 Å². The summed E-state index contributed by atoms with van der Waals surface area (Å²) >= 11 is 0. The van der Waals surface area contributed by atoms with Crippen molar-refractivity contribution in [1.82, 2.24) is 9.62 Å². The van der Waals surface area contributed by atoms with Gasteiger partial charge in [-0.1, -0.05) is 5.92 Å². The van der Waals surface area contributed by atoms with Crippen LogP contribution < -0.4 is 4.72 Å². The van der Waals surface area contributed by atoms with Gasteiger partial charge in [0, 0.05) is 13.1 Å². The van der Waals surface area contributed by atoms with Crippen molar-refractivity contribution in [1.29, 1.82) is 0 Å². The summed E-state index contributed by atoms with van der Waals surface area (Å²) in [4.78, 5) is 13.6. The number of piperidine rings is 1. The lowest BCUT2D eigenvalue weighted by Crippen LogP contribution is -2.42. The minimum absolute atomic E-state index is 0.0272. The SMILES string of the molecule is C#CCNS(=O)(=O)CCC1CCN(C(=O)OC(C)(C)C)CC1. The molecule has 6 nitrogen and oxygen atoms in total. The molecular weight excluding hydrogens is 304 g/mol. The van der Waals surface area contributed by atoms with E-state index in [2.05, 4.69) is 10.6 Å². The Bertz CT molecular complexity index is 509. The second-order valence-electron chi connectivity index (χ2n) is 6.54. The van der Waals surface area contributed by atoms with Crippen molar-refractivity contribution in [3.8, 4) is 12.3 Å². The monoisotopic (exact) mass is 330 g/mol. The Morgan fingerprint density at radius 2 is 1.95 bits per heavy atom. The van der Waals surface area contributed by atoms with E-state index in [4.69, 9.17) is 11.2 Å². The summed E-state index contributed by atoms with van der Waals surface area (Å²) in [6.07, 6.45) is 6.92. The zero-order valence-corrected chi connectivity index (χ0v) is 14.4. The van der Waals surface area contributed by atoms with E-state index in [0.29, 0.717) is 25.4 Å². The molecule has 126 valence electrons. The maximum atomic E-state index is 11.9. The highest BCUT2D eigenvalue weighted by Gasteiger charge is 2.27. The summed E-state index contributed by atoms with van der Waals surface area (Å²) in [5.41, 5.74) is -0.495. The van der Waals surface area contributed by atoms with Gasteiger partial charge in [-0.05, 0) is 46.0 Å². The Hall–Kier alpha value is -1.26. The van der Waals surface area contributed by atoms with Crippen molar-refractivity contribution in [3.63, 3.8) is 0 Å². The van der Waals surface area contributed by atoms with Gasteiger partial charge in [-0.25, -0.2) is 17.9 Å². The number of nitrogens with one attached hydrogen (secondary N) is 1. The summed E-state index contributed by atoms with van der Waals surface area (Å²) < 4.78 is 31.0. The molecule has 0 radical (unpaired) electrons. The van der Waals surface area contributed by atoms with Gasteiger partial charge in [0.2, 0.25) is 10.0 Å². The van der Waals surface area contributed by atoms with Crippen LogP contribution in [0, 0.1) is 18.3 Å². The van der Waals surface area contributed by atoms with Crippen molar-refractivity contribution < 1.29 is 17.9 Å². The smallest absolute Gasteiger partial charge is 0.410 e. The summed E-state index contributed by atoms with van der Waals surface area (Å²) in [6.45, 7) is 6.76. The number of hydrogen-bond donors (Lipinski definition) is 1. The van der Waals surface area contributed by atoms with Gasteiger partial charge < -0.3 is 9.64 Å². The third-order valence-electron chi connectivity index (χ3n) is 3.46. The molecule has 1 saturated heterocycles. The summed E-state index contributed by atoms with van der Waals surface area (Å²) in [6, 6.07) is 0. The van der Waals surface area contributed by atoms with E-state index >= 15 is 0 Å². The maximum absolute atomic E-state index is 11.9. The Kier molecular flexibility index (Phi) is 6.69. The quantitative estimate of drug-likeness (QED) is 0.777. The molecule has 1 N–H and O–H groups in total. The molecule has 0 bridgehead atoms. The number of ether oxygens (including phenoxy) is 1. The number of sulfonamides is 1. The van der Waals surface area contributed by atoms with Crippen molar-refractivity contribution >= 4 is 16.1 Å². The van der Waals surface area contributed by atoms with Crippen LogP contribution in [-0.4, -0.2) is 50.4 Å². The molecule has 0 spiro atoms. The lowest BCUT2D eigenvalue weighted by molar-refractivity contribution is 0.0183. The first kappa shape index (κ1) is 18.8. The zero-order chi connectivity index (χ0) is 16.8. The van der Waals surface area contributed by atoms with Crippen LogP contribution in [0.15, 0.2) is 0 Å². The third-order valence-corrected chi connectivity index (χ3v) is 4.81. The van der Waals surface area contributed by atoms with Crippen LogP contribution in [0.4, 0.5) is 4.79 Å². The Morgan fingerprint density at radius 3 is 2.45 bits per heavy atom. The number of hydrogen-bond acceptors (Lipinski definition) is 4. The van der Waals surface area contributed by atoms with E-state index < -0.39 is 15.6 Å². The first-order valence-electron chi connectivity index (χ1n) is 7.52. The Balaban J connectivity index is 2.34. The number of carbonyl (C=O) groups excluding carboxylic acids is 1. The largest absolute Gasteiger partial charge is 0.444 e. The van der Waals surface area contributed by atoms with Crippen molar-refractivity contribution in [2.45, 2.75) is 45.6 Å². The van der Waals surface area contributed by atoms with Crippen LogP contribution in [0.3, 0.4) is 0 Å². The maximum Gasteiger partial charge on any atom is 0.410 e. The molecule has 1 aliphatic rings. The van der Waals surface area contributed by atoms with E-state index in [1.165, 1.54) is 0 Å². The van der Waals surface area contributed by atoms with Gasteiger partial charge in [0.05, 0.1) is 12.3 Å². The molecule has 0 aromatic carbocycles. The van der Waals surface area contributed by atoms with Gasteiger partial charge in [0.25, 0.3) is 0 Å². The molecule has 1 aliphatic heterocycles. The average Bonchev–Trinajstić information content (AvgIpc) is 2.42. The second kappa shape index (κ2) is 7.84. The molecule has 0 aromatic heterocycles. The van der Waals surface area contributed by atoms with Gasteiger partial charge in [0.15, 0.2) is 0 Å². The van der Waals surface area contributed by atoms with Gasteiger partial charge in [-0.2, -0.15) is 0 Å². The molecule has 1 heterocycles. The number of nitrogens with zero attached hydrogens (tertiary/aromatic N) is 1. The van der Waals surface area contributed by atoms with E-state index in [9.17, 15) is 13.2 Å². The van der Waals surface area contributed by atoms with Gasteiger partial charge in [-0.3, -0.25) is 0 Å². The van der Waals surface area contributed by atoms with Crippen molar-refractivity contribution in [2.75, 3.05) is 25.4 Å². The molecule has 0 unspecified atom stereocenters. The van der Waals surface area contributed by atoms with Crippen molar-refractivity contribution in [3.05, 3.63) is 0 Å². The fourth-order valence-electron chi connectivity index (χ4n) is 2.28. The normalized spacial score (nSPS) is 17.1. The molecule has 0 saturated carbocycles. The second-order valence-corrected chi connectivity index (χ2v) is 8.47. The highest BCUT2D eigenvalue weighted by molar-refractivity contribution is 7.89. The molecule has 0 atom stereocenters. The van der Waals surface area contributed by atoms with Crippen LogP contribution in [0.1, 0.15) is 40.0 Å². The fourth-order valence-corrected chi connectivity index (χ4v) is 3.37. The number of carbonyl (C=O) groups is 1. The van der Waals surface area contributed by atoms with E-state index in [0.717, 1.165) is 12.8 Å². The standard InChI is InChI=1S/C15H26N2O4S/c1-5-9-16-22(19,20)12-8-13-6-10-17(11-7-13)14(18)21-15(2,3)4/h1,13,16H,6-12H2,2-4H3. The van der Waals surface area contributed by atoms with Crippen LogP contribution >= 0.6 is 0 Å². The molecule has 0 aliphatic carbocycles. The molecule has 1 rings (SSSR count). The number of rotatable bonds is 5. The average molecular weight is 330 g/mol. The lowest BCUT2D eigenvalue weighted by atomic mass is 9.95. The van der Waals surface area contributed by atoms with Gasteiger partial charge in [-0.15, -0.1) is 6.42 Å². The minimum Gasteiger partial charge on any atom is -0.444 e. The first-order valence-corrected chi connectivity index (χ1v) is 9.17. The Labute approximate surface area is 133 Å². The van der Waals surface area contributed by atoms with E-state index in [1.807, 2.05) is 20.8 Å². The predicted octanol–water partition coefficient (Wildman–Crippen LogP) is 1.58. The summed E-state index contributed by atoms with van der Waals surface area (Å²) in [5.74, 6) is 2.63. The third kappa shape index (κ3) is 7.14. The fraction of sp³-hybridized carbons (Fsp3) is 0.800. The van der Waals surface area contributed by atoms with Gasteiger partial charge in [0.1, 0.15) is 5.60 Å². The predicted molar refractivity (Wildman–Crippen MR) is 85.8 cm³/mol. The molecular formula is C15H26N2O4S.